The van der Waals surface area contributed by atoms with Crippen molar-refractivity contribution < 1.29 is 18.7 Å². The maximum Gasteiger partial charge on any atom is 0.248 e. The second-order valence-electron chi connectivity index (χ2n) is 7.38. The number of nitrogens with zero attached hydrogens (tertiary/aromatic N) is 4. The van der Waals surface area contributed by atoms with Crippen LogP contribution >= 0.6 is 11.3 Å². The third-order valence-corrected chi connectivity index (χ3v) is 6.37. The molecule has 2 aromatic carbocycles. The fourth-order valence-corrected chi connectivity index (χ4v) is 4.45. The van der Waals surface area contributed by atoms with Crippen molar-refractivity contribution in [3.8, 4) is 11.3 Å². The molecule has 2 aromatic heterocycles. The van der Waals surface area contributed by atoms with Gasteiger partial charge in [0.15, 0.2) is 0 Å². The summed E-state index contributed by atoms with van der Waals surface area (Å²) in [6.45, 7) is 1.54. The molecular weight excluding hydrogens is 436 g/mol. The number of hydrogen-bond donors (Lipinski definition) is 2. The first-order valence-corrected chi connectivity index (χ1v) is 10.5. The van der Waals surface area contributed by atoms with Crippen LogP contribution in [0.15, 0.2) is 60.5 Å². The van der Waals surface area contributed by atoms with Crippen molar-refractivity contribution in [2.45, 2.75) is 25.0 Å². The lowest BCUT2D eigenvalue weighted by atomic mass is 9.82. The van der Waals surface area contributed by atoms with E-state index < -0.39 is 29.1 Å². The number of halogens is 2. The van der Waals surface area contributed by atoms with Gasteiger partial charge in [-0.05, 0) is 30.3 Å². The highest BCUT2D eigenvalue weighted by atomic mass is 32.1. The molecule has 0 aliphatic rings. The van der Waals surface area contributed by atoms with Crippen LogP contribution in [0, 0.1) is 11.6 Å². The molecule has 4 rings (SSSR count). The second-order valence-corrected chi connectivity index (χ2v) is 8.27. The Balaban J connectivity index is 1.72. The standard InChI is InChI=1S/C22H19F2N5O2S/c1-13(21-28-19(9-32-21)14-2-4-15(5-3-14)20(25)30)22(31,10-29-12-26-11-27-29)17-8-16(23)6-7-18(17)24/h2-9,11-13,31H,10H2,1H3,(H2,25,30)/t13-,22+/m0/s1. The van der Waals surface area contributed by atoms with Crippen LogP contribution in [0.4, 0.5) is 8.78 Å². The van der Waals surface area contributed by atoms with Crippen molar-refractivity contribution in [3.63, 3.8) is 0 Å². The van der Waals surface area contributed by atoms with E-state index in [9.17, 15) is 18.7 Å². The van der Waals surface area contributed by atoms with Gasteiger partial charge in [0.1, 0.15) is 29.9 Å². The highest BCUT2D eigenvalue weighted by Crippen LogP contribution is 2.41. The molecule has 2 atom stereocenters. The minimum Gasteiger partial charge on any atom is -0.382 e. The van der Waals surface area contributed by atoms with Crippen LogP contribution in [0.25, 0.3) is 11.3 Å². The minimum atomic E-state index is -1.86. The Hall–Kier alpha value is -3.50. The summed E-state index contributed by atoms with van der Waals surface area (Å²) >= 11 is 1.28. The number of amides is 1. The normalized spacial score (nSPS) is 14.1. The third kappa shape index (κ3) is 4.14. The zero-order valence-electron chi connectivity index (χ0n) is 16.9. The molecule has 3 N–H and O–H groups in total. The number of benzene rings is 2. The average Bonchev–Trinajstić information content (AvgIpc) is 3.47. The summed E-state index contributed by atoms with van der Waals surface area (Å²) in [6.07, 6.45) is 2.69. The van der Waals surface area contributed by atoms with Crippen molar-refractivity contribution in [1.82, 2.24) is 19.7 Å². The van der Waals surface area contributed by atoms with Crippen LogP contribution in [0.2, 0.25) is 0 Å². The van der Waals surface area contributed by atoms with Gasteiger partial charge in [0.25, 0.3) is 0 Å². The van der Waals surface area contributed by atoms with Crippen LogP contribution in [0.1, 0.15) is 33.8 Å². The fourth-order valence-electron chi connectivity index (χ4n) is 3.47. The summed E-state index contributed by atoms with van der Waals surface area (Å²) in [5, 5.41) is 18.0. The predicted molar refractivity (Wildman–Crippen MR) is 115 cm³/mol. The van der Waals surface area contributed by atoms with Gasteiger partial charge in [-0.25, -0.2) is 23.4 Å². The van der Waals surface area contributed by atoms with E-state index in [-0.39, 0.29) is 12.1 Å². The fraction of sp³-hybridized carbons (Fsp3) is 0.182. The molecule has 0 unspecified atom stereocenters. The monoisotopic (exact) mass is 455 g/mol. The van der Waals surface area contributed by atoms with E-state index in [1.807, 2.05) is 0 Å². The highest BCUT2D eigenvalue weighted by Gasteiger charge is 2.41. The summed E-state index contributed by atoms with van der Waals surface area (Å²) in [5.74, 6) is -2.65. The van der Waals surface area contributed by atoms with Crippen molar-refractivity contribution in [2.75, 3.05) is 0 Å². The maximum absolute atomic E-state index is 14.7. The maximum atomic E-state index is 14.7. The van der Waals surface area contributed by atoms with Crippen molar-refractivity contribution in [1.29, 1.82) is 0 Å². The van der Waals surface area contributed by atoms with E-state index in [1.165, 1.54) is 28.7 Å². The van der Waals surface area contributed by atoms with Gasteiger partial charge in [0, 0.05) is 28.0 Å². The second kappa shape index (κ2) is 8.56. The smallest absolute Gasteiger partial charge is 0.248 e. The Morgan fingerprint density at radius 3 is 2.66 bits per heavy atom. The molecule has 0 aliphatic carbocycles. The lowest BCUT2D eigenvalue weighted by Gasteiger charge is -2.33. The molecule has 1 amide bonds. The van der Waals surface area contributed by atoms with Crippen LogP contribution in [-0.4, -0.2) is 30.8 Å². The Labute approximate surface area is 186 Å². The number of carbonyl (C=O) groups is 1. The van der Waals surface area contributed by atoms with Gasteiger partial charge < -0.3 is 10.8 Å². The number of thiazole rings is 1. The molecule has 4 aromatic rings. The Morgan fingerprint density at radius 1 is 1.25 bits per heavy atom. The van der Waals surface area contributed by atoms with Gasteiger partial charge in [-0.15, -0.1) is 11.3 Å². The molecule has 0 spiro atoms. The van der Waals surface area contributed by atoms with E-state index in [1.54, 1.807) is 36.6 Å². The van der Waals surface area contributed by atoms with E-state index in [2.05, 4.69) is 15.1 Å². The molecule has 0 bridgehead atoms. The number of aromatic nitrogens is 4. The largest absolute Gasteiger partial charge is 0.382 e. The van der Waals surface area contributed by atoms with Crippen molar-refractivity contribution >= 4 is 17.2 Å². The number of nitrogens with two attached hydrogens (primary N) is 1. The Kier molecular flexibility index (Phi) is 5.81. The summed E-state index contributed by atoms with van der Waals surface area (Å²) in [4.78, 5) is 19.8. The van der Waals surface area contributed by atoms with Gasteiger partial charge >= 0.3 is 0 Å². The minimum absolute atomic E-state index is 0.156. The van der Waals surface area contributed by atoms with Gasteiger partial charge in [0.2, 0.25) is 5.91 Å². The summed E-state index contributed by atoms with van der Waals surface area (Å²) in [5.41, 5.74) is 4.98. The summed E-state index contributed by atoms with van der Waals surface area (Å²) in [7, 11) is 0. The molecular formula is C22H19F2N5O2S. The van der Waals surface area contributed by atoms with Gasteiger partial charge in [0.05, 0.1) is 17.2 Å². The first-order valence-electron chi connectivity index (χ1n) is 9.64. The van der Waals surface area contributed by atoms with Crippen LogP contribution in [0.3, 0.4) is 0 Å². The third-order valence-electron chi connectivity index (χ3n) is 5.34. The average molecular weight is 455 g/mol. The quantitative estimate of drug-likeness (QED) is 0.444. The molecule has 7 nitrogen and oxygen atoms in total. The summed E-state index contributed by atoms with van der Waals surface area (Å²) in [6, 6.07) is 9.61. The molecule has 10 heteroatoms. The van der Waals surface area contributed by atoms with Gasteiger partial charge in [-0.1, -0.05) is 19.1 Å². The molecule has 0 radical (unpaired) electrons. The van der Waals surface area contributed by atoms with Crippen LogP contribution in [-0.2, 0) is 12.1 Å². The number of rotatable bonds is 7. The highest BCUT2D eigenvalue weighted by molar-refractivity contribution is 7.10. The van der Waals surface area contributed by atoms with Crippen molar-refractivity contribution in [2.24, 2.45) is 5.73 Å². The zero-order valence-corrected chi connectivity index (χ0v) is 17.8. The molecule has 0 saturated carbocycles. The molecule has 0 saturated heterocycles. The van der Waals surface area contributed by atoms with E-state index in [0.29, 0.717) is 16.3 Å². The first-order chi connectivity index (χ1) is 15.3. The van der Waals surface area contributed by atoms with Gasteiger partial charge in [-0.2, -0.15) is 5.10 Å². The Bertz CT molecular complexity index is 1240. The molecule has 164 valence electrons. The molecule has 0 aliphatic heterocycles. The first kappa shape index (κ1) is 21.7. The van der Waals surface area contributed by atoms with E-state index >= 15 is 0 Å². The lowest BCUT2D eigenvalue weighted by Crippen LogP contribution is -2.38. The Morgan fingerprint density at radius 2 is 2.00 bits per heavy atom. The van der Waals surface area contributed by atoms with Crippen LogP contribution in [0.5, 0.6) is 0 Å². The number of primary amides is 1. The summed E-state index contributed by atoms with van der Waals surface area (Å²) < 4.78 is 30.1. The number of aliphatic hydroxyl groups is 1. The molecule has 2 heterocycles. The number of hydrogen-bond acceptors (Lipinski definition) is 6. The van der Waals surface area contributed by atoms with E-state index in [0.717, 1.165) is 23.8 Å². The van der Waals surface area contributed by atoms with Crippen LogP contribution < -0.4 is 5.73 Å². The van der Waals surface area contributed by atoms with Crippen molar-refractivity contribution in [3.05, 3.63) is 88.3 Å². The zero-order chi connectivity index (χ0) is 22.9. The molecule has 0 fully saturated rings. The number of carbonyl (C=O) groups excluding carboxylic acids is 1. The SMILES string of the molecule is C[C@@H](c1nc(-c2ccc(C(N)=O)cc2)cs1)[C@](O)(Cn1cncn1)c1cc(F)ccc1F. The van der Waals surface area contributed by atoms with E-state index in [4.69, 9.17) is 5.73 Å². The van der Waals surface area contributed by atoms with Gasteiger partial charge in [-0.3, -0.25) is 4.79 Å². The topological polar surface area (TPSA) is 107 Å². The lowest BCUT2D eigenvalue weighted by molar-refractivity contribution is -0.0114. The predicted octanol–water partition coefficient (Wildman–Crippen LogP) is 3.47. The molecule has 32 heavy (non-hydrogen) atoms.